The lowest BCUT2D eigenvalue weighted by Crippen LogP contribution is -2.47. The van der Waals surface area contributed by atoms with Crippen LogP contribution in [0.2, 0.25) is 0 Å². The normalized spacial score (nSPS) is 13.3. The number of halogens is 2. The Kier molecular flexibility index (Phi) is 6.06. The van der Waals surface area contributed by atoms with E-state index in [9.17, 15) is 23.2 Å². The number of hydrogen-bond acceptors (Lipinski definition) is 5. The predicted molar refractivity (Wildman–Crippen MR) is 97.7 cm³/mol. The van der Waals surface area contributed by atoms with Crippen LogP contribution in [-0.4, -0.2) is 42.9 Å². The van der Waals surface area contributed by atoms with Gasteiger partial charge in [0.25, 0.3) is 5.91 Å². The Balaban J connectivity index is 1.62. The molecule has 0 saturated heterocycles. The molecule has 0 bridgehead atoms. The van der Waals surface area contributed by atoms with Crippen LogP contribution < -0.4 is 14.8 Å². The molecule has 0 aromatic heterocycles. The van der Waals surface area contributed by atoms with Crippen molar-refractivity contribution in [2.75, 3.05) is 13.7 Å². The smallest absolute Gasteiger partial charge is 0.387 e. The molecule has 9 heteroatoms. The summed E-state index contributed by atoms with van der Waals surface area (Å²) >= 11 is 0. The van der Waals surface area contributed by atoms with Crippen LogP contribution >= 0.6 is 0 Å². The standard InChI is InChI=1S/C20H18F2N2O5/c1-28-16-8-12(6-7-15(16)29-20(21)22)10-23-17(25)11-24-18(26)9-13-4-2-3-5-14(13)19(24)27/h2-8,20H,9-11H2,1H3,(H,23,25). The highest BCUT2D eigenvalue weighted by Crippen LogP contribution is 2.29. The third kappa shape index (κ3) is 4.68. The molecule has 0 atom stereocenters. The second kappa shape index (κ2) is 8.68. The van der Waals surface area contributed by atoms with Crippen LogP contribution in [0.4, 0.5) is 8.78 Å². The fourth-order valence-corrected chi connectivity index (χ4v) is 2.98. The predicted octanol–water partition coefficient (Wildman–Crippen LogP) is 2.14. The molecule has 2 aromatic rings. The van der Waals surface area contributed by atoms with Gasteiger partial charge in [-0.25, -0.2) is 0 Å². The van der Waals surface area contributed by atoms with Crippen LogP contribution in [0.25, 0.3) is 0 Å². The lowest BCUT2D eigenvalue weighted by molar-refractivity contribution is -0.133. The molecule has 29 heavy (non-hydrogen) atoms. The Morgan fingerprint density at radius 1 is 1.17 bits per heavy atom. The summed E-state index contributed by atoms with van der Waals surface area (Å²) in [7, 11) is 1.31. The summed E-state index contributed by atoms with van der Waals surface area (Å²) in [5.74, 6) is -1.52. The van der Waals surface area contributed by atoms with Crippen molar-refractivity contribution in [1.82, 2.24) is 10.2 Å². The van der Waals surface area contributed by atoms with Gasteiger partial charge in [-0.3, -0.25) is 19.3 Å². The molecule has 0 saturated carbocycles. The van der Waals surface area contributed by atoms with E-state index in [0.717, 1.165) is 4.90 Å². The van der Waals surface area contributed by atoms with E-state index >= 15 is 0 Å². The molecule has 152 valence electrons. The number of nitrogens with one attached hydrogen (secondary N) is 1. The first-order valence-electron chi connectivity index (χ1n) is 8.70. The molecule has 2 aromatic carbocycles. The number of ether oxygens (including phenoxy) is 2. The van der Waals surface area contributed by atoms with Gasteiger partial charge in [-0.1, -0.05) is 24.3 Å². The lowest BCUT2D eigenvalue weighted by Gasteiger charge is -2.26. The van der Waals surface area contributed by atoms with Gasteiger partial charge in [-0.05, 0) is 29.3 Å². The molecule has 3 amide bonds. The van der Waals surface area contributed by atoms with E-state index in [1.165, 1.54) is 25.3 Å². The SMILES string of the molecule is COc1cc(CNC(=O)CN2C(=O)Cc3ccccc3C2=O)ccc1OC(F)F. The molecule has 1 aliphatic rings. The van der Waals surface area contributed by atoms with Crippen LogP contribution in [0.1, 0.15) is 21.5 Å². The van der Waals surface area contributed by atoms with Gasteiger partial charge in [0, 0.05) is 12.1 Å². The molecular formula is C20H18F2N2O5. The van der Waals surface area contributed by atoms with E-state index in [1.54, 1.807) is 24.3 Å². The Labute approximate surface area is 165 Å². The zero-order valence-corrected chi connectivity index (χ0v) is 15.5. The van der Waals surface area contributed by atoms with Gasteiger partial charge in [0.15, 0.2) is 11.5 Å². The Bertz CT molecular complexity index is 948. The summed E-state index contributed by atoms with van der Waals surface area (Å²) in [6, 6.07) is 11.0. The largest absolute Gasteiger partial charge is 0.493 e. The minimum atomic E-state index is -2.99. The number of amides is 3. The maximum atomic E-state index is 12.5. The quantitative estimate of drug-likeness (QED) is 0.715. The van der Waals surface area contributed by atoms with Crippen molar-refractivity contribution in [3.63, 3.8) is 0 Å². The molecule has 1 aliphatic heterocycles. The molecule has 1 heterocycles. The summed E-state index contributed by atoms with van der Waals surface area (Å²) < 4.78 is 34.1. The van der Waals surface area contributed by atoms with Gasteiger partial charge in [-0.2, -0.15) is 8.78 Å². The van der Waals surface area contributed by atoms with Gasteiger partial charge in [0.2, 0.25) is 11.8 Å². The van der Waals surface area contributed by atoms with Crippen LogP contribution in [0.5, 0.6) is 11.5 Å². The molecule has 3 rings (SSSR count). The van der Waals surface area contributed by atoms with Gasteiger partial charge in [-0.15, -0.1) is 0 Å². The monoisotopic (exact) mass is 404 g/mol. The molecule has 7 nitrogen and oxygen atoms in total. The van der Waals surface area contributed by atoms with Crippen LogP contribution in [0.15, 0.2) is 42.5 Å². The molecule has 1 N–H and O–H groups in total. The summed E-state index contributed by atoms with van der Waals surface area (Å²) in [5.41, 5.74) is 1.61. The number of rotatable bonds is 7. The van der Waals surface area contributed by atoms with Gasteiger partial charge in [0.1, 0.15) is 6.54 Å². The average molecular weight is 404 g/mol. The third-order valence-corrected chi connectivity index (χ3v) is 4.37. The van der Waals surface area contributed by atoms with E-state index in [-0.39, 0.29) is 24.5 Å². The number of hydrogen-bond donors (Lipinski definition) is 1. The van der Waals surface area contributed by atoms with Crippen molar-refractivity contribution in [3.05, 3.63) is 59.2 Å². The Morgan fingerprint density at radius 2 is 1.93 bits per heavy atom. The van der Waals surface area contributed by atoms with E-state index < -0.39 is 30.9 Å². The second-order valence-corrected chi connectivity index (χ2v) is 6.26. The highest BCUT2D eigenvalue weighted by atomic mass is 19.3. The maximum Gasteiger partial charge on any atom is 0.387 e. The molecule has 0 fully saturated rings. The van der Waals surface area contributed by atoms with Gasteiger partial charge >= 0.3 is 6.61 Å². The second-order valence-electron chi connectivity index (χ2n) is 6.26. The number of carbonyl (C=O) groups excluding carboxylic acids is 3. The van der Waals surface area contributed by atoms with E-state index in [2.05, 4.69) is 10.1 Å². The van der Waals surface area contributed by atoms with Gasteiger partial charge in [0.05, 0.1) is 13.5 Å². The molecule has 0 spiro atoms. The minimum absolute atomic E-state index is 0.0525. The molecule has 0 radical (unpaired) electrons. The number of fused-ring (bicyclic) bond motifs is 1. The van der Waals surface area contributed by atoms with Crippen LogP contribution in [0, 0.1) is 0 Å². The summed E-state index contributed by atoms with van der Waals surface area (Å²) in [6.45, 7) is -3.34. The lowest BCUT2D eigenvalue weighted by atomic mass is 9.98. The number of imide groups is 1. The molecule has 0 unspecified atom stereocenters. The van der Waals surface area contributed by atoms with Crippen molar-refractivity contribution < 1.29 is 32.6 Å². The average Bonchev–Trinajstić information content (AvgIpc) is 2.70. The molecular weight excluding hydrogens is 386 g/mol. The Morgan fingerprint density at radius 3 is 2.66 bits per heavy atom. The van der Waals surface area contributed by atoms with Crippen LogP contribution in [-0.2, 0) is 22.6 Å². The van der Waals surface area contributed by atoms with Crippen molar-refractivity contribution in [1.29, 1.82) is 0 Å². The number of carbonyl (C=O) groups is 3. The number of alkyl halides is 2. The topological polar surface area (TPSA) is 84.9 Å². The highest BCUT2D eigenvalue weighted by Gasteiger charge is 2.31. The molecule has 0 aliphatic carbocycles. The highest BCUT2D eigenvalue weighted by molar-refractivity contribution is 6.11. The third-order valence-electron chi connectivity index (χ3n) is 4.37. The zero-order chi connectivity index (χ0) is 21.0. The van der Waals surface area contributed by atoms with E-state index in [0.29, 0.717) is 16.7 Å². The van der Waals surface area contributed by atoms with Crippen molar-refractivity contribution in [3.8, 4) is 11.5 Å². The van der Waals surface area contributed by atoms with E-state index in [1.807, 2.05) is 0 Å². The van der Waals surface area contributed by atoms with Gasteiger partial charge < -0.3 is 14.8 Å². The Hall–Kier alpha value is -3.49. The number of benzene rings is 2. The van der Waals surface area contributed by atoms with Crippen LogP contribution in [0.3, 0.4) is 0 Å². The number of nitrogens with zero attached hydrogens (tertiary/aromatic N) is 1. The zero-order valence-electron chi connectivity index (χ0n) is 15.5. The van der Waals surface area contributed by atoms with E-state index in [4.69, 9.17) is 4.74 Å². The fourth-order valence-electron chi connectivity index (χ4n) is 2.98. The summed E-state index contributed by atoms with van der Waals surface area (Å²) in [6.07, 6.45) is 0.0536. The van der Waals surface area contributed by atoms with Crippen molar-refractivity contribution in [2.24, 2.45) is 0 Å². The first-order chi connectivity index (χ1) is 13.9. The summed E-state index contributed by atoms with van der Waals surface area (Å²) in [4.78, 5) is 37.9. The first kappa shape index (κ1) is 20.2. The first-order valence-corrected chi connectivity index (χ1v) is 8.70. The number of methoxy groups -OCH3 is 1. The maximum absolute atomic E-state index is 12.5. The minimum Gasteiger partial charge on any atom is -0.493 e. The van der Waals surface area contributed by atoms with Crippen molar-refractivity contribution in [2.45, 2.75) is 19.6 Å². The fraction of sp³-hybridized carbons (Fsp3) is 0.250. The summed E-state index contributed by atoms with van der Waals surface area (Å²) in [5, 5.41) is 2.59. The van der Waals surface area contributed by atoms with Crippen molar-refractivity contribution >= 4 is 17.7 Å².